The Kier molecular flexibility index (Phi) is 4.60. The summed E-state index contributed by atoms with van der Waals surface area (Å²) in [6.45, 7) is 0. The molecule has 1 aliphatic carbocycles. The molecular weight excluding hydrogens is 326 g/mol. The number of rotatable bonds is 3. The van der Waals surface area contributed by atoms with E-state index in [0.29, 0.717) is 17.3 Å². The lowest BCUT2D eigenvalue weighted by Crippen LogP contribution is -2.34. The second-order valence-electron chi connectivity index (χ2n) is 5.59. The van der Waals surface area contributed by atoms with Crippen LogP contribution in [0.4, 0.5) is 0 Å². The average molecular weight is 344 g/mol. The van der Waals surface area contributed by atoms with E-state index in [2.05, 4.69) is 10.1 Å². The van der Waals surface area contributed by atoms with Gasteiger partial charge in [-0.2, -0.15) is 4.98 Å². The number of aromatic nitrogens is 2. The van der Waals surface area contributed by atoms with Gasteiger partial charge in [-0.3, -0.25) is 0 Å². The third kappa shape index (κ3) is 3.16. The molecule has 0 atom stereocenters. The molecule has 1 aliphatic rings. The Bertz CT molecular complexity index is 767. The van der Waals surface area contributed by atoms with E-state index < -0.39 is 15.4 Å². The van der Waals surface area contributed by atoms with Gasteiger partial charge in [-0.05, 0) is 31.0 Å². The van der Waals surface area contributed by atoms with E-state index in [1.54, 1.807) is 12.1 Å². The first kappa shape index (κ1) is 16.9. The van der Waals surface area contributed by atoms with Crippen LogP contribution >= 0.6 is 12.4 Å². The number of hydrogen-bond acceptors (Lipinski definition) is 6. The minimum Gasteiger partial charge on any atom is -0.334 e. The molecule has 1 saturated carbocycles. The van der Waals surface area contributed by atoms with Crippen LogP contribution in [0, 0.1) is 0 Å². The third-order valence-corrected chi connectivity index (χ3v) is 4.99. The number of nitrogens with two attached hydrogens (primary N) is 1. The first-order valence-corrected chi connectivity index (χ1v) is 8.71. The van der Waals surface area contributed by atoms with E-state index in [1.165, 1.54) is 18.4 Å². The van der Waals surface area contributed by atoms with Gasteiger partial charge in [-0.25, -0.2) is 8.42 Å². The largest absolute Gasteiger partial charge is 0.334 e. The smallest absolute Gasteiger partial charge is 0.258 e. The Morgan fingerprint density at radius 1 is 1.27 bits per heavy atom. The van der Waals surface area contributed by atoms with Crippen LogP contribution in [0.5, 0.6) is 0 Å². The maximum atomic E-state index is 11.6. The predicted molar refractivity (Wildman–Crippen MR) is 84.4 cm³/mol. The van der Waals surface area contributed by atoms with Crippen molar-refractivity contribution in [1.82, 2.24) is 10.1 Å². The van der Waals surface area contributed by atoms with Gasteiger partial charge in [0.2, 0.25) is 0 Å². The second kappa shape index (κ2) is 5.98. The van der Waals surface area contributed by atoms with Crippen molar-refractivity contribution in [2.45, 2.75) is 36.1 Å². The summed E-state index contributed by atoms with van der Waals surface area (Å²) in [4.78, 5) is 4.58. The van der Waals surface area contributed by atoms with Crippen molar-refractivity contribution in [1.29, 1.82) is 0 Å². The van der Waals surface area contributed by atoms with E-state index in [-0.39, 0.29) is 17.3 Å². The summed E-state index contributed by atoms with van der Waals surface area (Å²) in [6.07, 6.45) is 4.97. The molecule has 1 fully saturated rings. The summed E-state index contributed by atoms with van der Waals surface area (Å²) >= 11 is 0. The zero-order valence-electron chi connectivity index (χ0n) is 12.2. The van der Waals surface area contributed by atoms with Gasteiger partial charge in [-0.15, -0.1) is 12.4 Å². The molecule has 120 valence electrons. The molecule has 0 spiro atoms. The predicted octanol–water partition coefficient (Wildman–Crippen LogP) is 2.29. The highest BCUT2D eigenvalue weighted by molar-refractivity contribution is 7.90. The van der Waals surface area contributed by atoms with E-state index in [1.807, 2.05) is 0 Å². The molecule has 0 saturated heterocycles. The number of sulfone groups is 1. The Hall–Kier alpha value is -1.44. The van der Waals surface area contributed by atoms with Crippen molar-refractivity contribution >= 4 is 22.2 Å². The monoisotopic (exact) mass is 343 g/mol. The molecule has 1 heterocycles. The van der Waals surface area contributed by atoms with E-state index in [9.17, 15) is 8.42 Å². The zero-order chi connectivity index (χ0) is 15.1. The van der Waals surface area contributed by atoms with Crippen LogP contribution in [-0.2, 0) is 15.4 Å². The molecule has 0 bridgehead atoms. The lowest BCUT2D eigenvalue weighted by molar-refractivity contribution is 0.372. The summed E-state index contributed by atoms with van der Waals surface area (Å²) in [5.74, 6) is 0.798. The number of halogens is 1. The minimum absolute atomic E-state index is 0. The van der Waals surface area contributed by atoms with Crippen molar-refractivity contribution in [3.63, 3.8) is 0 Å². The molecule has 2 aromatic rings. The van der Waals surface area contributed by atoms with Crippen LogP contribution in [0.1, 0.15) is 31.5 Å². The quantitative estimate of drug-likeness (QED) is 0.917. The molecule has 0 unspecified atom stereocenters. The van der Waals surface area contributed by atoms with Crippen molar-refractivity contribution in [2.24, 2.45) is 5.73 Å². The van der Waals surface area contributed by atoms with Crippen LogP contribution in [0.25, 0.3) is 11.5 Å². The van der Waals surface area contributed by atoms with Gasteiger partial charge in [0, 0.05) is 11.8 Å². The summed E-state index contributed by atoms with van der Waals surface area (Å²) < 4.78 is 28.5. The first-order valence-electron chi connectivity index (χ1n) is 6.82. The van der Waals surface area contributed by atoms with Crippen LogP contribution < -0.4 is 5.73 Å². The minimum atomic E-state index is -3.27. The summed E-state index contributed by atoms with van der Waals surface area (Å²) in [5, 5.41) is 3.98. The molecule has 1 aromatic carbocycles. The summed E-state index contributed by atoms with van der Waals surface area (Å²) in [5.41, 5.74) is 6.35. The van der Waals surface area contributed by atoms with Crippen LogP contribution in [-0.4, -0.2) is 24.8 Å². The van der Waals surface area contributed by atoms with E-state index in [4.69, 9.17) is 10.3 Å². The highest BCUT2D eigenvalue weighted by Crippen LogP contribution is 2.35. The zero-order valence-corrected chi connectivity index (χ0v) is 13.8. The first-order chi connectivity index (χ1) is 9.88. The molecule has 8 heteroatoms. The van der Waals surface area contributed by atoms with Gasteiger partial charge in [-0.1, -0.05) is 24.1 Å². The molecule has 0 aliphatic heterocycles. The summed E-state index contributed by atoms with van der Waals surface area (Å²) in [7, 11) is -3.27. The lowest BCUT2D eigenvalue weighted by atomic mass is 9.99. The fourth-order valence-electron chi connectivity index (χ4n) is 2.63. The fourth-order valence-corrected chi connectivity index (χ4v) is 3.30. The van der Waals surface area contributed by atoms with Crippen molar-refractivity contribution in [2.75, 3.05) is 6.26 Å². The van der Waals surface area contributed by atoms with Crippen molar-refractivity contribution in [3.05, 3.63) is 30.1 Å². The van der Waals surface area contributed by atoms with E-state index in [0.717, 1.165) is 25.7 Å². The molecular formula is C14H18ClN3O3S. The SMILES string of the molecule is CS(=O)(=O)c1cccc(-c2nc(C3(N)CCCC3)no2)c1.Cl. The van der Waals surface area contributed by atoms with Gasteiger partial charge in [0.15, 0.2) is 15.7 Å². The lowest BCUT2D eigenvalue weighted by Gasteiger charge is -2.17. The topological polar surface area (TPSA) is 99.1 Å². The maximum Gasteiger partial charge on any atom is 0.258 e. The average Bonchev–Trinajstić information content (AvgIpc) is 3.07. The molecule has 6 nitrogen and oxygen atoms in total. The molecule has 2 N–H and O–H groups in total. The standard InChI is InChI=1S/C14H17N3O3S.ClH/c1-21(18,19)11-6-4-5-10(9-11)12-16-13(17-20-12)14(15)7-2-3-8-14;/h4-6,9H,2-3,7-8,15H2,1H3;1H. The van der Waals surface area contributed by atoms with Gasteiger partial charge < -0.3 is 10.3 Å². The third-order valence-electron chi connectivity index (χ3n) is 3.88. The molecule has 1 aromatic heterocycles. The Morgan fingerprint density at radius 2 is 1.95 bits per heavy atom. The maximum absolute atomic E-state index is 11.6. The van der Waals surface area contributed by atoms with Crippen LogP contribution in [0.2, 0.25) is 0 Å². The van der Waals surface area contributed by atoms with Gasteiger partial charge in [0.1, 0.15) is 0 Å². The normalized spacial score (nSPS) is 17.2. The highest BCUT2D eigenvalue weighted by atomic mass is 35.5. The highest BCUT2D eigenvalue weighted by Gasteiger charge is 2.36. The van der Waals surface area contributed by atoms with Crippen LogP contribution in [0.3, 0.4) is 0 Å². The Labute approximate surface area is 135 Å². The van der Waals surface area contributed by atoms with Crippen molar-refractivity contribution < 1.29 is 12.9 Å². The number of hydrogen-bond donors (Lipinski definition) is 1. The number of nitrogens with zero attached hydrogens (tertiary/aromatic N) is 2. The van der Waals surface area contributed by atoms with Gasteiger partial charge >= 0.3 is 0 Å². The van der Waals surface area contributed by atoms with Crippen molar-refractivity contribution in [3.8, 4) is 11.5 Å². The number of benzene rings is 1. The Morgan fingerprint density at radius 3 is 2.59 bits per heavy atom. The summed E-state index contributed by atoms with van der Waals surface area (Å²) in [6, 6.07) is 6.47. The van der Waals surface area contributed by atoms with E-state index >= 15 is 0 Å². The van der Waals surface area contributed by atoms with Gasteiger partial charge in [0.25, 0.3) is 5.89 Å². The molecule has 22 heavy (non-hydrogen) atoms. The molecule has 3 rings (SSSR count). The van der Waals surface area contributed by atoms with Gasteiger partial charge in [0.05, 0.1) is 10.4 Å². The fraction of sp³-hybridized carbons (Fsp3) is 0.429. The van der Waals surface area contributed by atoms with Crippen LogP contribution in [0.15, 0.2) is 33.7 Å². The molecule has 0 radical (unpaired) electrons. The Balaban J connectivity index is 0.00000176. The second-order valence-corrected chi connectivity index (χ2v) is 7.60. The molecule has 0 amide bonds.